The van der Waals surface area contributed by atoms with Gasteiger partial charge in [0.15, 0.2) is 0 Å². The van der Waals surface area contributed by atoms with Gasteiger partial charge in [-0.2, -0.15) is 0 Å². The van der Waals surface area contributed by atoms with E-state index in [9.17, 15) is 9.90 Å². The molecule has 0 aliphatic heterocycles. The van der Waals surface area contributed by atoms with Crippen LogP contribution in [0.5, 0.6) is 0 Å². The van der Waals surface area contributed by atoms with E-state index < -0.39 is 5.97 Å². The number of halogens is 1. The number of rotatable bonds is 2. The highest BCUT2D eigenvalue weighted by Gasteiger charge is 2.16. The number of imidazole rings is 1. The zero-order valence-corrected chi connectivity index (χ0v) is 13.2. The fourth-order valence-corrected chi connectivity index (χ4v) is 2.73. The Kier molecular flexibility index (Phi) is 3.29. The first kappa shape index (κ1) is 13.8. The van der Waals surface area contributed by atoms with Crippen LogP contribution < -0.4 is 0 Å². The number of aromatic nitrogens is 2. The quantitative estimate of drug-likeness (QED) is 0.761. The monoisotopic (exact) mass is 344 g/mol. The van der Waals surface area contributed by atoms with Crippen LogP contribution in [0.3, 0.4) is 0 Å². The van der Waals surface area contributed by atoms with Crippen LogP contribution in [0.25, 0.3) is 16.7 Å². The van der Waals surface area contributed by atoms with E-state index in [2.05, 4.69) is 20.9 Å². The summed E-state index contributed by atoms with van der Waals surface area (Å²) in [5, 5.41) is 9.28. The van der Waals surface area contributed by atoms with E-state index in [0.29, 0.717) is 5.52 Å². The van der Waals surface area contributed by atoms with Crippen molar-refractivity contribution in [2.45, 2.75) is 13.8 Å². The summed E-state index contributed by atoms with van der Waals surface area (Å²) in [4.78, 5) is 15.7. The molecular formula is C16H13BrN2O2. The molecule has 0 radical (unpaired) electrons. The minimum absolute atomic E-state index is 0.225. The molecule has 1 heterocycles. The molecule has 0 saturated heterocycles. The predicted molar refractivity (Wildman–Crippen MR) is 85.2 cm³/mol. The number of benzene rings is 2. The Labute approximate surface area is 130 Å². The molecule has 4 nitrogen and oxygen atoms in total. The molecule has 21 heavy (non-hydrogen) atoms. The highest BCUT2D eigenvalue weighted by atomic mass is 79.9. The Morgan fingerprint density at radius 3 is 2.67 bits per heavy atom. The predicted octanol–water partition coefficient (Wildman–Crippen LogP) is 4.10. The number of aryl methyl sites for hydroxylation is 2. The molecule has 1 aromatic heterocycles. The maximum absolute atomic E-state index is 11.3. The Balaban J connectivity index is 2.32. The number of carbonyl (C=O) groups is 1. The fourth-order valence-electron chi connectivity index (χ4n) is 2.48. The molecule has 0 bridgehead atoms. The largest absolute Gasteiger partial charge is 0.478 e. The Bertz CT molecular complexity index is 868. The van der Waals surface area contributed by atoms with E-state index in [-0.39, 0.29) is 5.56 Å². The van der Waals surface area contributed by atoms with Gasteiger partial charge in [0, 0.05) is 10.2 Å². The van der Waals surface area contributed by atoms with Crippen molar-refractivity contribution in [2.24, 2.45) is 0 Å². The lowest BCUT2D eigenvalue weighted by Crippen LogP contribution is -1.99. The van der Waals surface area contributed by atoms with Crippen LogP contribution >= 0.6 is 15.9 Å². The standard InChI is InChI=1S/C16H13BrN2O2/c1-9-8-11(6-7-13(9)17)19-10(2)18-15-12(16(20)21)4-3-5-14(15)19/h3-8H,1-2H3,(H,20,21). The van der Waals surface area contributed by atoms with Crippen LogP contribution in [0.2, 0.25) is 0 Å². The van der Waals surface area contributed by atoms with Crippen molar-refractivity contribution in [3.8, 4) is 5.69 Å². The number of fused-ring (bicyclic) bond motifs is 1. The van der Waals surface area contributed by atoms with Crippen molar-refractivity contribution >= 4 is 32.9 Å². The summed E-state index contributed by atoms with van der Waals surface area (Å²) in [5.41, 5.74) is 3.63. The lowest BCUT2D eigenvalue weighted by Gasteiger charge is -2.09. The average Bonchev–Trinajstić information content (AvgIpc) is 2.77. The summed E-state index contributed by atoms with van der Waals surface area (Å²) in [6.07, 6.45) is 0. The maximum atomic E-state index is 11.3. The molecule has 3 aromatic rings. The van der Waals surface area contributed by atoms with Gasteiger partial charge in [-0.1, -0.05) is 22.0 Å². The van der Waals surface area contributed by atoms with E-state index in [1.165, 1.54) is 0 Å². The third-order valence-electron chi connectivity index (χ3n) is 3.48. The molecular weight excluding hydrogens is 332 g/mol. The Morgan fingerprint density at radius 1 is 1.24 bits per heavy atom. The number of hydrogen-bond donors (Lipinski definition) is 1. The highest BCUT2D eigenvalue weighted by Crippen LogP contribution is 2.26. The van der Waals surface area contributed by atoms with E-state index in [0.717, 1.165) is 27.1 Å². The van der Waals surface area contributed by atoms with E-state index in [1.807, 2.05) is 42.7 Å². The topological polar surface area (TPSA) is 55.1 Å². The van der Waals surface area contributed by atoms with Crippen molar-refractivity contribution in [3.05, 3.63) is 57.8 Å². The van der Waals surface area contributed by atoms with Crippen molar-refractivity contribution in [1.82, 2.24) is 9.55 Å². The molecule has 3 rings (SSSR count). The van der Waals surface area contributed by atoms with Crippen LogP contribution in [0.15, 0.2) is 40.9 Å². The summed E-state index contributed by atoms with van der Waals surface area (Å²) in [6, 6.07) is 11.2. The third kappa shape index (κ3) is 2.23. The molecule has 1 N–H and O–H groups in total. The second-order valence-corrected chi connectivity index (χ2v) is 5.76. The van der Waals surface area contributed by atoms with Crippen LogP contribution in [-0.2, 0) is 0 Å². The molecule has 0 fully saturated rings. The van der Waals surface area contributed by atoms with Gasteiger partial charge in [0.1, 0.15) is 11.3 Å². The van der Waals surface area contributed by atoms with Gasteiger partial charge in [-0.3, -0.25) is 4.57 Å². The number of carboxylic acids is 1. The van der Waals surface area contributed by atoms with Crippen LogP contribution in [0.1, 0.15) is 21.7 Å². The summed E-state index contributed by atoms with van der Waals surface area (Å²) < 4.78 is 3.01. The fraction of sp³-hybridized carbons (Fsp3) is 0.125. The maximum Gasteiger partial charge on any atom is 0.337 e. The van der Waals surface area contributed by atoms with Crippen LogP contribution in [-0.4, -0.2) is 20.6 Å². The lowest BCUT2D eigenvalue weighted by molar-refractivity contribution is 0.0699. The van der Waals surface area contributed by atoms with Crippen LogP contribution in [0.4, 0.5) is 0 Å². The lowest BCUT2D eigenvalue weighted by atomic mass is 10.1. The van der Waals surface area contributed by atoms with Gasteiger partial charge in [-0.05, 0) is 49.7 Å². The van der Waals surface area contributed by atoms with E-state index in [4.69, 9.17) is 0 Å². The summed E-state index contributed by atoms with van der Waals surface area (Å²) in [5.74, 6) is -0.197. The van der Waals surface area contributed by atoms with Gasteiger partial charge in [-0.15, -0.1) is 0 Å². The van der Waals surface area contributed by atoms with Crippen LogP contribution in [0, 0.1) is 13.8 Å². The zero-order chi connectivity index (χ0) is 15.1. The van der Waals surface area contributed by atoms with Crippen molar-refractivity contribution in [2.75, 3.05) is 0 Å². The number of carboxylic acid groups (broad SMARTS) is 1. The van der Waals surface area contributed by atoms with Gasteiger partial charge in [0.25, 0.3) is 0 Å². The Morgan fingerprint density at radius 2 is 2.00 bits per heavy atom. The first-order valence-electron chi connectivity index (χ1n) is 6.47. The van der Waals surface area contributed by atoms with Gasteiger partial charge in [-0.25, -0.2) is 9.78 Å². The molecule has 0 atom stereocenters. The highest BCUT2D eigenvalue weighted by molar-refractivity contribution is 9.10. The molecule has 5 heteroatoms. The summed E-state index contributed by atoms with van der Waals surface area (Å²) in [7, 11) is 0. The van der Waals surface area contributed by atoms with E-state index in [1.54, 1.807) is 12.1 Å². The van der Waals surface area contributed by atoms with Crippen molar-refractivity contribution in [3.63, 3.8) is 0 Å². The molecule has 0 unspecified atom stereocenters. The van der Waals surface area contributed by atoms with Gasteiger partial charge in [0.2, 0.25) is 0 Å². The van der Waals surface area contributed by atoms with E-state index >= 15 is 0 Å². The van der Waals surface area contributed by atoms with Gasteiger partial charge in [0.05, 0.1) is 11.1 Å². The van der Waals surface area contributed by atoms with Crippen molar-refractivity contribution in [1.29, 1.82) is 0 Å². The third-order valence-corrected chi connectivity index (χ3v) is 4.37. The molecule has 0 saturated carbocycles. The zero-order valence-electron chi connectivity index (χ0n) is 11.6. The normalized spacial score (nSPS) is 11.0. The summed E-state index contributed by atoms with van der Waals surface area (Å²) in [6.45, 7) is 3.90. The number of aromatic carboxylic acids is 1. The summed E-state index contributed by atoms with van der Waals surface area (Å²) >= 11 is 3.49. The molecule has 2 aromatic carbocycles. The molecule has 106 valence electrons. The molecule has 0 spiro atoms. The van der Waals surface area contributed by atoms with Gasteiger partial charge < -0.3 is 5.11 Å². The first-order chi connectivity index (χ1) is 9.99. The smallest absolute Gasteiger partial charge is 0.337 e. The minimum Gasteiger partial charge on any atom is -0.478 e. The van der Waals surface area contributed by atoms with Crippen molar-refractivity contribution < 1.29 is 9.90 Å². The minimum atomic E-state index is -0.961. The molecule has 0 aliphatic rings. The average molecular weight is 345 g/mol. The second kappa shape index (κ2) is 5.00. The molecule has 0 aliphatic carbocycles. The number of para-hydroxylation sites is 1. The SMILES string of the molecule is Cc1cc(-n2c(C)nc3c(C(=O)O)cccc32)ccc1Br. The second-order valence-electron chi connectivity index (χ2n) is 4.91. The Hall–Kier alpha value is -2.14. The van der Waals surface area contributed by atoms with Gasteiger partial charge >= 0.3 is 5.97 Å². The first-order valence-corrected chi connectivity index (χ1v) is 7.26. The number of hydrogen-bond acceptors (Lipinski definition) is 2. The molecule has 0 amide bonds. The number of nitrogens with zero attached hydrogens (tertiary/aromatic N) is 2.